The topological polar surface area (TPSA) is 30.7 Å². The van der Waals surface area contributed by atoms with Crippen molar-refractivity contribution in [3.05, 3.63) is 247 Å². The third-order valence-electron chi connectivity index (χ3n) is 13.1. The summed E-state index contributed by atoms with van der Waals surface area (Å²) in [5.74, 6) is 0.638. The Morgan fingerprint density at radius 3 is 1.59 bits per heavy atom. The molecule has 4 heteroatoms. The fraction of sp³-hybridized carbons (Fsp3) is 0.0169. The van der Waals surface area contributed by atoms with Crippen molar-refractivity contribution in [1.29, 1.82) is 0 Å². The van der Waals surface area contributed by atoms with Crippen molar-refractivity contribution < 1.29 is 0 Å². The highest BCUT2D eigenvalue weighted by Gasteiger charge is 2.46. The highest BCUT2D eigenvalue weighted by atomic mass is 32.1. The van der Waals surface area contributed by atoms with E-state index >= 15 is 0 Å². The molecule has 3 aromatic heterocycles. The third-order valence-corrected chi connectivity index (χ3v) is 14.4. The van der Waals surface area contributed by atoms with Gasteiger partial charge in [0.25, 0.3) is 0 Å². The molecule has 0 spiro atoms. The Labute approximate surface area is 368 Å². The first-order valence-corrected chi connectivity index (χ1v) is 22.3. The van der Waals surface area contributed by atoms with Crippen LogP contribution in [0.3, 0.4) is 0 Å². The van der Waals surface area contributed by atoms with Gasteiger partial charge in [0.1, 0.15) is 0 Å². The number of aromatic nitrogens is 3. The minimum atomic E-state index is -0.544. The van der Waals surface area contributed by atoms with Gasteiger partial charge in [-0.3, -0.25) is 4.57 Å². The first kappa shape index (κ1) is 35.8. The van der Waals surface area contributed by atoms with Crippen molar-refractivity contribution in [2.45, 2.75) is 5.41 Å². The zero-order chi connectivity index (χ0) is 41.5. The predicted molar refractivity (Wildman–Crippen MR) is 263 cm³/mol. The number of hydrogen-bond acceptors (Lipinski definition) is 3. The van der Waals surface area contributed by atoms with Crippen molar-refractivity contribution in [1.82, 2.24) is 14.5 Å². The quantitative estimate of drug-likeness (QED) is 0.167. The average Bonchev–Trinajstić information content (AvgIpc) is 4.01. The Morgan fingerprint density at radius 2 is 0.873 bits per heavy atom. The van der Waals surface area contributed by atoms with Crippen molar-refractivity contribution in [2.24, 2.45) is 0 Å². The second kappa shape index (κ2) is 14.1. The molecule has 0 fully saturated rings. The molecular formula is C59H37N3S. The number of para-hydroxylation sites is 1. The van der Waals surface area contributed by atoms with Gasteiger partial charge in [0, 0.05) is 42.1 Å². The molecule has 0 atom stereocenters. The van der Waals surface area contributed by atoms with Crippen LogP contribution in [-0.2, 0) is 5.41 Å². The van der Waals surface area contributed by atoms with Gasteiger partial charge >= 0.3 is 0 Å². The number of hydrogen-bond donors (Lipinski definition) is 0. The molecule has 0 unspecified atom stereocenters. The zero-order valence-electron chi connectivity index (χ0n) is 34.1. The molecule has 0 N–H and O–H groups in total. The summed E-state index contributed by atoms with van der Waals surface area (Å²) in [5.41, 5.74) is 15.5. The molecule has 12 aromatic rings. The number of rotatable bonds is 6. The summed E-state index contributed by atoms with van der Waals surface area (Å²) in [4.78, 5) is 11.1. The maximum absolute atomic E-state index is 5.61. The highest BCUT2D eigenvalue weighted by molar-refractivity contribution is 7.26. The minimum Gasteiger partial charge on any atom is -0.278 e. The lowest BCUT2D eigenvalue weighted by atomic mass is 9.67. The molecule has 0 saturated carbocycles. The molecule has 1 aliphatic rings. The molecule has 294 valence electrons. The third kappa shape index (κ3) is 5.32. The van der Waals surface area contributed by atoms with Gasteiger partial charge in [0.2, 0.25) is 5.95 Å². The Hall–Kier alpha value is -7.92. The van der Waals surface area contributed by atoms with Gasteiger partial charge < -0.3 is 0 Å². The van der Waals surface area contributed by atoms with Gasteiger partial charge in [-0.25, -0.2) is 9.97 Å². The van der Waals surface area contributed by atoms with Crippen LogP contribution in [-0.4, -0.2) is 14.5 Å². The first-order valence-electron chi connectivity index (χ1n) is 21.5. The van der Waals surface area contributed by atoms with Crippen LogP contribution in [0.25, 0.3) is 92.7 Å². The second-order valence-electron chi connectivity index (χ2n) is 16.4. The standard InChI is InChI=1S/C59H37N3S/c1-4-18-38(19-5-1)42-27-16-28-47-48-29-17-30-49(57(48)63-56(42)47)53-37-52(39-20-6-2-7-21-39)60-58(61-53)62-54-33-15-12-26-45(54)46-35-34-41(36-55(46)62)59(40-22-8-3-9-23-40)50-31-13-10-24-43(50)44-25-11-14-32-51(44)59/h1-37H. The zero-order valence-corrected chi connectivity index (χ0v) is 34.9. The van der Waals surface area contributed by atoms with Crippen LogP contribution >= 0.6 is 11.3 Å². The summed E-state index contributed by atoms with van der Waals surface area (Å²) in [7, 11) is 0. The molecule has 13 rings (SSSR count). The van der Waals surface area contributed by atoms with Gasteiger partial charge in [-0.1, -0.05) is 206 Å². The lowest BCUT2D eigenvalue weighted by Gasteiger charge is -2.34. The second-order valence-corrected chi connectivity index (χ2v) is 17.4. The average molecular weight is 820 g/mol. The van der Waals surface area contributed by atoms with E-state index in [1.807, 2.05) is 11.3 Å². The molecule has 0 aliphatic heterocycles. The SMILES string of the molecule is c1ccc(-c2cc(-c3cccc4c3sc3c(-c5ccccc5)cccc34)nc(-n3c4ccccc4c4ccc(C5(c6ccccc6)c6ccccc6-c6ccccc65)cc43)n2)cc1. The lowest BCUT2D eigenvalue weighted by Crippen LogP contribution is -2.28. The number of thiophene rings is 1. The van der Waals surface area contributed by atoms with Crippen LogP contribution in [0, 0.1) is 0 Å². The molecule has 0 saturated heterocycles. The van der Waals surface area contributed by atoms with Crippen molar-refractivity contribution in [2.75, 3.05) is 0 Å². The molecule has 9 aromatic carbocycles. The summed E-state index contributed by atoms with van der Waals surface area (Å²) in [6, 6.07) is 81.4. The maximum atomic E-state index is 5.61. The first-order chi connectivity index (χ1) is 31.3. The summed E-state index contributed by atoms with van der Waals surface area (Å²) >= 11 is 1.85. The molecule has 1 aliphatic carbocycles. The van der Waals surface area contributed by atoms with E-state index in [0.717, 1.165) is 44.3 Å². The van der Waals surface area contributed by atoms with Crippen molar-refractivity contribution in [3.8, 4) is 50.7 Å². The molecular weight excluding hydrogens is 783 g/mol. The predicted octanol–water partition coefficient (Wildman–Crippen LogP) is 15.3. The van der Waals surface area contributed by atoms with E-state index in [-0.39, 0.29) is 0 Å². The molecule has 63 heavy (non-hydrogen) atoms. The molecule has 3 nitrogen and oxygen atoms in total. The van der Waals surface area contributed by atoms with Gasteiger partial charge in [0.05, 0.1) is 27.8 Å². The summed E-state index contributed by atoms with van der Waals surface area (Å²) in [6.07, 6.45) is 0. The largest absolute Gasteiger partial charge is 0.278 e. The van der Waals surface area contributed by atoms with Crippen LogP contribution in [0.1, 0.15) is 22.3 Å². The van der Waals surface area contributed by atoms with E-state index in [1.54, 1.807) is 0 Å². The van der Waals surface area contributed by atoms with E-state index in [1.165, 1.54) is 64.7 Å². The van der Waals surface area contributed by atoms with Gasteiger partial charge in [0.15, 0.2) is 0 Å². The van der Waals surface area contributed by atoms with Crippen molar-refractivity contribution in [3.63, 3.8) is 0 Å². The van der Waals surface area contributed by atoms with E-state index in [0.29, 0.717) is 5.95 Å². The van der Waals surface area contributed by atoms with E-state index in [4.69, 9.17) is 9.97 Å². The van der Waals surface area contributed by atoms with E-state index in [9.17, 15) is 0 Å². The Morgan fingerprint density at radius 1 is 0.349 bits per heavy atom. The number of nitrogens with zero attached hydrogens (tertiary/aromatic N) is 3. The summed E-state index contributed by atoms with van der Waals surface area (Å²) < 4.78 is 4.79. The van der Waals surface area contributed by atoms with Crippen LogP contribution in [0.4, 0.5) is 0 Å². The molecule has 0 radical (unpaired) electrons. The fourth-order valence-corrected chi connectivity index (χ4v) is 11.8. The minimum absolute atomic E-state index is 0.544. The van der Waals surface area contributed by atoms with Crippen LogP contribution in [0.15, 0.2) is 224 Å². The Kier molecular flexibility index (Phi) is 7.99. The smallest absolute Gasteiger partial charge is 0.235 e. The van der Waals surface area contributed by atoms with E-state index in [2.05, 4.69) is 229 Å². The summed E-state index contributed by atoms with van der Waals surface area (Å²) in [6.45, 7) is 0. The number of benzene rings is 9. The number of fused-ring (bicyclic) bond motifs is 9. The Bertz CT molecular complexity index is 3690. The van der Waals surface area contributed by atoms with Crippen LogP contribution in [0.2, 0.25) is 0 Å². The fourth-order valence-electron chi connectivity index (χ4n) is 10.4. The molecule has 3 heterocycles. The highest BCUT2D eigenvalue weighted by Crippen LogP contribution is 2.56. The maximum Gasteiger partial charge on any atom is 0.235 e. The van der Waals surface area contributed by atoms with Crippen LogP contribution < -0.4 is 0 Å². The monoisotopic (exact) mass is 819 g/mol. The normalized spacial score (nSPS) is 12.9. The van der Waals surface area contributed by atoms with Crippen LogP contribution in [0.5, 0.6) is 0 Å². The van der Waals surface area contributed by atoms with Gasteiger partial charge in [-0.05, 0) is 62.7 Å². The lowest BCUT2D eigenvalue weighted by molar-refractivity contribution is 0.769. The summed E-state index contributed by atoms with van der Waals surface area (Å²) in [5, 5.41) is 4.81. The molecule has 0 amide bonds. The Balaban J connectivity index is 1.10. The van der Waals surface area contributed by atoms with Gasteiger partial charge in [-0.15, -0.1) is 11.3 Å². The van der Waals surface area contributed by atoms with Crippen molar-refractivity contribution >= 4 is 53.3 Å². The van der Waals surface area contributed by atoms with E-state index < -0.39 is 5.41 Å². The van der Waals surface area contributed by atoms with Gasteiger partial charge in [-0.2, -0.15) is 0 Å². The molecule has 0 bridgehead atoms.